The lowest BCUT2D eigenvalue weighted by atomic mass is 10.2. The smallest absolute Gasteiger partial charge is 0.241 e. The van der Waals surface area contributed by atoms with Crippen molar-refractivity contribution in [2.24, 2.45) is 5.73 Å². The number of halogens is 2. The summed E-state index contributed by atoms with van der Waals surface area (Å²) in [7, 11) is 3.04. The zero-order valence-electron chi connectivity index (χ0n) is 19.2. The number of nitrogens with two attached hydrogens (primary N) is 1. The van der Waals surface area contributed by atoms with E-state index in [2.05, 4.69) is 9.97 Å². The second-order valence-electron chi connectivity index (χ2n) is 7.47. The standard InChI is InChI=1S/C25H20ClFN4O5/c1-34-21-10-17-19(11-22(21)35-2)29-7-6-20(17)36-25-18(26)9-16(13-30-25)31(24(33)12-23(28)32)15-5-3-4-14(27)8-15/h3-11,13H,12H2,1-2H3,(H2,28,32). The van der Waals surface area contributed by atoms with Gasteiger partial charge in [-0.15, -0.1) is 0 Å². The molecule has 36 heavy (non-hydrogen) atoms. The van der Waals surface area contributed by atoms with E-state index in [0.717, 1.165) is 11.0 Å². The molecule has 0 bridgehead atoms. The lowest BCUT2D eigenvalue weighted by Gasteiger charge is -2.23. The number of hydrogen-bond acceptors (Lipinski definition) is 7. The van der Waals surface area contributed by atoms with Crippen molar-refractivity contribution in [2.45, 2.75) is 6.42 Å². The number of primary amides is 1. The van der Waals surface area contributed by atoms with Gasteiger partial charge in [-0.3, -0.25) is 19.5 Å². The summed E-state index contributed by atoms with van der Waals surface area (Å²) in [4.78, 5) is 33.9. The predicted octanol–water partition coefficient (Wildman–Crippen LogP) is 4.77. The molecule has 4 aromatic rings. The van der Waals surface area contributed by atoms with Crippen molar-refractivity contribution in [2.75, 3.05) is 19.1 Å². The molecule has 2 heterocycles. The molecule has 2 N–H and O–H groups in total. The fourth-order valence-electron chi connectivity index (χ4n) is 3.53. The van der Waals surface area contributed by atoms with Crippen LogP contribution in [-0.2, 0) is 9.59 Å². The zero-order valence-corrected chi connectivity index (χ0v) is 20.0. The first-order valence-corrected chi connectivity index (χ1v) is 10.9. The summed E-state index contributed by atoms with van der Waals surface area (Å²) in [5.74, 6) is -0.652. The molecule has 0 saturated heterocycles. The van der Waals surface area contributed by atoms with Gasteiger partial charge in [0.05, 0.1) is 37.3 Å². The van der Waals surface area contributed by atoms with Crippen LogP contribution < -0.4 is 24.8 Å². The van der Waals surface area contributed by atoms with Crippen LogP contribution in [0.15, 0.2) is 60.9 Å². The van der Waals surface area contributed by atoms with E-state index in [1.54, 1.807) is 24.4 Å². The van der Waals surface area contributed by atoms with E-state index in [1.165, 1.54) is 44.7 Å². The maximum absolute atomic E-state index is 13.9. The summed E-state index contributed by atoms with van der Waals surface area (Å²) in [6.07, 6.45) is 2.28. The van der Waals surface area contributed by atoms with Crippen LogP contribution >= 0.6 is 11.6 Å². The van der Waals surface area contributed by atoms with Gasteiger partial charge in [0.25, 0.3) is 0 Å². The molecule has 0 unspecified atom stereocenters. The highest BCUT2D eigenvalue weighted by atomic mass is 35.5. The Hall–Kier alpha value is -4.44. The van der Waals surface area contributed by atoms with Crippen LogP contribution in [-0.4, -0.2) is 36.0 Å². The molecule has 0 saturated carbocycles. The molecule has 0 spiro atoms. The number of amides is 2. The molecule has 0 aliphatic rings. The third-order valence-corrected chi connectivity index (χ3v) is 5.38. The van der Waals surface area contributed by atoms with Crippen molar-refractivity contribution in [3.05, 3.63) is 71.8 Å². The molecule has 4 rings (SSSR count). The Labute approximate surface area is 210 Å². The molecule has 0 fully saturated rings. The fraction of sp³-hybridized carbons (Fsp3) is 0.120. The molecule has 2 aromatic carbocycles. The quantitative estimate of drug-likeness (QED) is 0.339. The Morgan fingerprint density at radius 2 is 1.75 bits per heavy atom. The van der Waals surface area contributed by atoms with Crippen LogP contribution in [0, 0.1) is 5.82 Å². The van der Waals surface area contributed by atoms with Crippen LogP contribution in [0.5, 0.6) is 23.1 Å². The third kappa shape index (κ3) is 5.13. The van der Waals surface area contributed by atoms with Gasteiger partial charge in [-0.2, -0.15) is 0 Å². The van der Waals surface area contributed by atoms with Crippen molar-refractivity contribution < 1.29 is 28.2 Å². The number of benzene rings is 2. The van der Waals surface area contributed by atoms with Crippen molar-refractivity contribution in [3.63, 3.8) is 0 Å². The van der Waals surface area contributed by atoms with Crippen molar-refractivity contribution in [3.8, 4) is 23.1 Å². The Kier molecular flexibility index (Phi) is 7.16. The fourth-order valence-corrected chi connectivity index (χ4v) is 3.73. The number of fused-ring (bicyclic) bond motifs is 1. The van der Waals surface area contributed by atoms with Gasteiger partial charge in [-0.25, -0.2) is 9.37 Å². The molecular weight excluding hydrogens is 491 g/mol. The number of anilines is 2. The highest BCUT2D eigenvalue weighted by molar-refractivity contribution is 6.32. The first kappa shape index (κ1) is 24.7. The van der Waals surface area contributed by atoms with Gasteiger partial charge in [0.15, 0.2) is 11.5 Å². The molecule has 9 nitrogen and oxygen atoms in total. The topological polar surface area (TPSA) is 117 Å². The largest absolute Gasteiger partial charge is 0.493 e. The van der Waals surface area contributed by atoms with Crippen molar-refractivity contribution in [1.29, 1.82) is 0 Å². The molecule has 0 atom stereocenters. The van der Waals surface area contributed by atoms with Gasteiger partial charge in [0.1, 0.15) is 23.0 Å². The summed E-state index contributed by atoms with van der Waals surface area (Å²) < 4.78 is 30.5. The van der Waals surface area contributed by atoms with Gasteiger partial charge in [-0.1, -0.05) is 17.7 Å². The number of aromatic nitrogens is 2. The Morgan fingerprint density at radius 3 is 2.42 bits per heavy atom. The average molecular weight is 511 g/mol. The van der Waals surface area contributed by atoms with Crippen LogP contribution in [0.4, 0.5) is 15.8 Å². The molecule has 184 valence electrons. The summed E-state index contributed by atoms with van der Waals surface area (Å²) in [6, 6.07) is 11.8. The molecule has 11 heteroatoms. The molecule has 0 radical (unpaired) electrons. The minimum absolute atomic E-state index is 0.0456. The minimum atomic E-state index is -0.836. The van der Waals surface area contributed by atoms with Gasteiger partial charge in [-0.05, 0) is 36.4 Å². The van der Waals surface area contributed by atoms with E-state index in [9.17, 15) is 14.0 Å². The Morgan fingerprint density at radius 1 is 1.00 bits per heavy atom. The number of ether oxygens (including phenoxy) is 3. The van der Waals surface area contributed by atoms with Gasteiger partial charge in [0, 0.05) is 17.6 Å². The average Bonchev–Trinajstić information content (AvgIpc) is 2.84. The first-order chi connectivity index (χ1) is 17.3. The highest BCUT2D eigenvalue weighted by Gasteiger charge is 2.22. The maximum Gasteiger partial charge on any atom is 0.241 e. The SMILES string of the molecule is COc1cc2nccc(Oc3ncc(N(C(=O)CC(N)=O)c4cccc(F)c4)cc3Cl)c2cc1OC. The lowest BCUT2D eigenvalue weighted by Crippen LogP contribution is -2.30. The molecule has 2 amide bonds. The molecule has 2 aromatic heterocycles. The summed E-state index contributed by atoms with van der Waals surface area (Å²) in [6.45, 7) is 0. The van der Waals surface area contributed by atoms with Gasteiger partial charge >= 0.3 is 0 Å². The van der Waals surface area contributed by atoms with Crippen molar-refractivity contribution in [1.82, 2.24) is 9.97 Å². The van der Waals surface area contributed by atoms with Crippen LogP contribution in [0.1, 0.15) is 6.42 Å². The zero-order chi connectivity index (χ0) is 25.8. The minimum Gasteiger partial charge on any atom is -0.493 e. The highest BCUT2D eigenvalue weighted by Crippen LogP contribution is 2.39. The predicted molar refractivity (Wildman–Crippen MR) is 132 cm³/mol. The monoisotopic (exact) mass is 510 g/mol. The van der Waals surface area contributed by atoms with E-state index in [0.29, 0.717) is 28.2 Å². The molecule has 0 aliphatic heterocycles. The van der Waals surface area contributed by atoms with Gasteiger partial charge in [0.2, 0.25) is 17.7 Å². The van der Waals surface area contributed by atoms with Crippen LogP contribution in [0.2, 0.25) is 5.02 Å². The maximum atomic E-state index is 13.9. The van der Waals surface area contributed by atoms with Crippen LogP contribution in [0.25, 0.3) is 10.9 Å². The second-order valence-corrected chi connectivity index (χ2v) is 7.88. The molecule has 0 aliphatic carbocycles. The number of hydrogen-bond donors (Lipinski definition) is 1. The summed E-state index contributed by atoms with van der Waals surface area (Å²) in [5.41, 5.74) is 6.15. The number of nitrogens with zero attached hydrogens (tertiary/aromatic N) is 3. The van der Waals surface area contributed by atoms with E-state index in [-0.39, 0.29) is 22.3 Å². The lowest BCUT2D eigenvalue weighted by molar-refractivity contribution is -0.125. The number of pyridine rings is 2. The Bertz CT molecular complexity index is 1470. The van der Waals surface area contributed by atoms with E-state index >= 15 is 0 Å². The Balaban J connectivity index is 1.72. The van der Waals surface area contributed by atoms with Crippen molar-refractivity contribution >= 4 is 45.7 Å². The first-order valence-electron chi connectivity index (χ1n) is 10.5. The third-order valence-electron chi connectivity index (χ3n) is 5.11. The van der Waals surface area contributed by atoms with E-state index < -0.39 is 24.1 Å². The number of carbonyl (C=O) groups is 2. The number of carbonyl (C=O) groups excluding carboxylic acids is 2. The van der Waals surface area contributed by atoms with E-state index in [4.69, 9.17) is 31.5 Å². The number of methoxy groups -OCH3 is 2. The second kappa shape index (κ2) is 10.4. The number of rotatable bonds is 8. The van der Waals surface area contributed by atoms with Gasteiger partial charge < -0.3 is 19.9 Å². The summed E-state index contributed by atoms with van der Waals surface area (Å²) in [5, 5.41) is 0.682. The molecular formula is C25H20ClFN4O5. The van der Waals surface area contributed by atoms with Crippen LogP contribution in [0.3, 0.4) is 0 Å². The summed E-state index contributed by atoms with van der Waals surface area (Å²) >= 11 is 6.46. The normalized spacial score (nSPS) is 10.7. The van der Waals surface area contributed by atoms with E-state index in [1.807, 2.05) is 0 Å².